The van der Waals surface area contributed by atoms with Crippen molar-refractivity contribution in [2.75, 3.05) is 0 Å². The molecule has 2 aromatic heterocycles. The van der Waals surface area contributed by atoms with Crippen LogP contribution in [0.1, 0.15) is 25.0 Å². The first kappa shape index (κ1) is 23.7. The van der Waals surface area contributed by atoms with Gasteiger partial charge in [-0.05, 0) is 11.1 Å². The van der Waals surface area contributed by atoms with Gasteiger partial charge < -0.3 is 4.57 Å². The van der Waals surface area contributed by atoms with Gasteiger partial charge in [0, 0.05) is 12.5 Å². The van der Waals surface area contributed by atoms with Gasteiger partial charge in [0.05, 0.1) is 12.9 Å². The Balaban J connectivity index is 1.78. The maximum atomic E-state index is 13.4. The van der Waals surface area contributed by atoms with Gasteiger partial charge in [-0.3, -0.25) is 29.8 Å². The molecule has 35 heavy (non-hydrogen) atoms. The first-order valence-electron chi connectivity index (χ1n) is 11.2. The molecule has 0 unspecified atom stereocenters. The molecule has 0 saturated heterocycles. The van der Waals surface area contributed by atoms with Gasteiger partial charge in [-0.1, -0.05) is 74.5 Å². The van der Waals surface area contributed by atoms with E-state index in [1.54, 1.807) is 18.4 Å². The number of hydrazine groups is 1. The molecular formula is C25H26N6O4. The maximum Gasteiger partial charge on any atom is 0.333 e. The summed E-state index contributed by atoms with van der Waals surface area (Å²) in [6.45, 7) is 3.33. The van der Waals surface area contributed by atoms with Gasteiger partial charge >= 0.3 is 5.69 Å². The van der Waals surface area contributed by atoms with E-state index in [4.69, 9.17) is 0 Å². The van der Waals surface area contributed by atoms with Crippen molar-refractivity contribution in [1.29, 1.82) is 0 Å². The third-order valence-electron chi connectivity index (χ3n) is 5.51. The topological polar surface area (TPSA) is 120 Å². The van der Waals surface area contributed by atoms with E-state index in [0.717, 1.165) is 15.7 Å². The number of nitrogens with one attached hydrogen (secondary N) is 2. The summed E-state index contributed by atoms with van der Waals surface area (Å²) in [6.07, 6.45) is 1.52. The predicted molar refractivity (Wildman–Crippen MR) is 130 cm³/mol. The smallest absolute Gasteiger partial charge is 0.320 e. The third-order valence-corrected chi connectivity index (χ3v) is 5.51. The molecule has 0 spiro atoms. The van der Waals surface area contributed by atoms with Crippen molar-refractivity contribution in [2.24, 2.45) is 5.92 Å². The summed E-state index contributed by atoms with van der Waals surface area (Å²) in [7, 11) is 0. The van der Waals surface area contributed by atoms with Gasteiger partial charge in [-0.15, -0.1) is 0 Å². The lowest BCUT2D eigenvalue weighted by molar-refractivity contribution is -0.130. The lowest BCUT2D eigenvalue weighted by atomic mass is 10.2. The Bertz CT molecular complexity index is 1470. The Morgan fingerprint density at radius 3 is 2.06 bits per heavy atom. The van der Waals surface area contributed by atoms with E-state index in [9.17, 15) is 19.2 Å². The number of carbonyl (C=O) groups is 2. The predicted octanol–water partition coefficient (Wildman–Crippen LogP) is 1.26. The highest BCUT2D eigenvalue weighted by atomic mass is 16.2. The van der Waals surface area contributed by atoms with E-state index in [0.29, 0.717) is 6.54 Å². The van der Waals surface area contributed by atoms with Crippen LogP contribution in [0.4, 0.5) is 0 Å². The zero-order valence-corrected chi connectivity index (χ0v) is 19.5. The second kappa shape index (κ2) is 10.2. The van der Waals surface area contributed by atoms with E-state index >= 15 is 0 Å². The quantitative estimate of drug-likeness (QED) is 0.391. The van der Waals surface area contributed by atoms with Crippen LogP contribution in [0.15, 0.2) is 76.6 Å². The molecule has 0 saturated carbocycles. The SMILES string of the molecule is CC(C)C(=O)NNC(=O)Cn1c(=O)c2c(ncn2Cc2ccccc2)n(Cc2ccccc2)c1=O. The Morgan fingerprint density at radius 2 is 1.46 bits per heavy atom. The van der Waals surface area contributed by atoms with Crippen LogP contribution in [-0.4, -0.2) is 30.5 Å². The monoisotopic (exact) mass is 474 g/mol. The van der Waals surface area contributed by atoms with Gasteiger partial charge in [-0.2, -0.15) is 0 Å². The molecule has 0 aliphatic heterocycles. The molecule has 2 amide bonds. The number of nitrogens with zero attached hydrogens (tertiary/aromatic N) is 4. The fourth-order valence-electron chi connectivity index (χ4n) is 3.65. The summed E-state index contributed by atoms with van der Waals surface area (Å²) in [5.74, 6) is -1.42. The minimum atomic E-state index is -0.696. The van der Waals surface area contributed by atoms with Crippen LogP contribution in [0, 0.1) is 5.92 Å². The molecule has 0 fully saturated rings. The highest BCUT2D eigenvalue weighted by Crippen LogP contribution is 2.12. The second-order valence-corrected chi connectivity index (χ2v) is 8.47. The minimum Gasteiger partial charge on any atom is -0.320 e. The molecule has 10 heteroatoms. The number of fused-ring (bicyclic) bond motifs is 1. The van der Waals surface area contributed by atoms with Gasteiger partial charge in [-0.25, -0.2) is 14.3 Å². The molecule has 4 aromatic rings. The summed E-state index contributed by atoms with van der Waals surface area (Å²) in [5, 5.41) is 0. The molecule has 180 valence electrons. The van der Waals surface area contributed by atoms with E-state index in [2.05, 4.69) is 15.8 Å². The van der Waals surface area contributed by atoms with Gasteiger partial charge in [0.2, 0.25) is 5.91 Å². The van der Waals surface area contributed by atoms with Crippen molar-refractivity contribution < 1.29 is 9.59 Å². The molecule has 2 N–H and O–H groups in total. The number of hydrogen-bond acceptors (Lipinski definition) is 5. The lowest BCUT2D eigenvalue weighted by Gasteiger charge is -2.14. The highest BCUT2D eigenvalue weighted by molar-refractivity contribution is 5.83. The minimum absolute atomic E-state index is 0.171. The molecule has 0 atom stereocenters. The zero-order chi connectivity index (χ0) is 24.9. The Hall–Kier alpha value is -4.47. The lowest BCUT2D eigenvalue weighted by Crippen LogP contribution is -2.49. The van der Waals surface area contributed by atoms with Crippen molar-refractivity contribution >= 4 is 23.0 Å². The zero-order valence-electron chi connectivity index (χ0n) is 19.5. The van der Waals surface area contributed by atoms with Gasteiger partial charge in [0.1, 0.15) is 6.54 Å². The summed E-state index contributed by atoms with van der Waals surface area (Å²) < 4.78 is 3.92. The molecule has 0 aliphatic carbocycles. The van der Waals surface area contributed by atoms with Crippen molar-refractivity contribution in [3.8, 4) is 0 Å². The Morgan fingerprint density at radius 1 is 0.857 bits per heavy atom. The van der Waals surface area contributed by atoms with E-state index in [-0.39, 0.29) is 29.5 Å². The summed E-state index contributed by atoms with van der Waals surface area (Å²) in [4.78, 5) is 55.5. The van der Waals surface area contributed by atoms with Crippen LogP contribution in [0.3, 0.4) is 0 Å². The van der Waals surface area contributed by atoms with Crippen molar-refractivity contribution in [1.82, 2.24) is 29.5 Å². The van der Waals surface area contributed by atoms with Crippen molar-refractivity contribution in [2.45, 2.75) is 33.5 Å². The van der Waals surface area contributed by atoms with Crippen LogP contribution in [0.2, 0.25) is 0 Å². The van der Waals surface area contributed by atoms with E-state index in [1.807, 2.05) is 60.7 Å². The van der Waals surface area contributed by atoms with Crippen LogP contribution in [0.5, 0.6) is 0 Å². The fourth-order valence-corrected chi connectivity index (χ4v) is 3.65. The number of benzene rings is 2. The van der Waals surface area contributed by atoms with Crippen LogP contribution < -0.4 is 22.1 Å². The first-order chi connectivity index (χ1) is 16.8. The van der Waals surface area contributed by atoms with Crippen molar-refractivity contribution in [3.63, 3.8) is 0 Å². The average molecular weight is 475 g/mol. The van der Waals surface area contributed by atoms with Crippen LogP contribution in [0.25, 0.3) is 11.2 Å². The fraction of sp³-hybridized carbons (Fsp3) is 0.240. The normalized spacial score (nSPS) is 11.1. The number of rotatable bonds is 7. The van der Waals surface area contributed by atoms with Crippen LogP contribution >= 0.6 is 0 Å². The van der Waals surface area contributed by atoms with E-state index < -0.39 is 23.7 Å². The Kier molecular flexibility index (Phi) is 6.91. The Labute approximate surface area is 200 Å². The number of hydrogen-bond donors (Lipinski definition) is 2. The van der Waals surface area contributed by atoms with Gasteiger partial charge in [0.25, 0.3) is 11.5 Å². The molecule has 2 heterocycles. The van der Waals surface area contributed by atoms with E-state index in [1.165, 1.54) is 10.9 Å². The maximum absolute atomic E-state index is 13.4. The molecular weight excluding hydrogens is 448 g/mol. The number of aromatic nitrogens is 4. The van der Waals surface area contributed by atoms with Gasteiger partial charge in [0.15, 0.2) is 11.2 Å². The van der Waals surface area contributed by atoms with Crippen LogP contribution in [-0.2, 0) is 29.2 Å². The molecule has 0 bridgehead atoms. The summed E-state index contributed by atoms with van der Waals surface area (Å²) in [5.41, 5.74) is 5.50. The largest absolute Gasteiger partial charge is 0.333 e. The highest BCUT2D eigenvalue weighted by Gasteiger charge is 2.20. The third kappa shape index (κ3) is 5.21. The summed E-state index contributed by atoms with van der Waals surface area (Å²) in [6, 6.07) is 18.8. The first-order valence-corrected chi connectivity index (χ1v) is 11.2. The average Bonchev–Trinajstić information content (AvgIpc) is 3.27. The number of carbonyl (C=O) groups excluding carboxylic acids is 2. The second-order valence-electron chi connectivity index (χ2n) is 8.47. The standard InChI is InChI=1S/C25H26N6O4/c1-17(2)23(33)28-27-20(32)15-31-24(34)21-22(26-16-29(21)13-18-9-5-3-6-10-18)30(25(31)35)14-19-11-7-4-8-12-19/h3-12,16-17H,13-15H2,1-2H3,(H,27,32)(H,28,33). The van der Waals surface area contributed by atoms with Crippen molar-refractivity contribution in [3.05, 3.63) is 99.0 Å². The number of amides is 2. The molecule has 2 aromatic carbocycles. The molecule has 4 rings (SSSR count). The molecule has 10 nitrogen and oxygen atoms in total. The molecule has 0 radical (unpaired) electrons. The summed E-state index contributed by atoms with van der Waals surface area (Å²) >= 11 is 0. The number of imidazole rings is 1. The molecule has 0 aliphatic rings.